The Labute approximate surface area is 96.0 Å². The zero-order valence-electron chi connectivity index (χ0n) is 9.95. The van der Waals surface area contributed by atoms with Crippen molar-refractivity contribution in [3.63, 3.8) is 0 Å². The second kappa shape index (κ2) is 9.11. The van der Waals surface area contributed by atoms with E-state index >= 15 is 0 Å². The number of hydrogen-bond acceptors (Lipinski definition) is 4. The van der Waals surface area contributed by atoms with E-state index in [0.29, 0.717) is 6.54 Å². The van der Waals surface area contributed by atoms with Crippen molar-refractivity contribution in [1.29, 1.82) is 0 Å². The normalized spacial score (nSPS) is 10.2. The zero-order chi connectivity index (χ0) is 12.4. The van der Waals surface area contributed by atoms with Gasteiger partial charge in [-0.05, 0) is 13.1 Å². The molecule has 6 nitrogen and oxygen atoms in total. The summed E-state index contributed by atoms with van der Waals surface area (Å²) in [5.41, 5.74) is 0. The highest BCUT2D eigenvalue weighted by Gasteiger charge is 2.11. The molecule has 0 spiro atoms. The van der Waals surface area contributed by atoms with Crippen LogP contribution in [0.4, 0.5) is 0 Å². The van der Waals surface area contributed by atoms with Gasteiger partial charge in [-0.15, -0.1) is 0 Å². The van der Waals surface area contributed by atoms with Crippen LogP contribution in [0, 0.1) is 0 Å². The minimum Gasteiger partial charge on any atom is -0.395 e. The Bertz CT molecular complexity index is 217. The standard InChI is InChI=1S/C10H21N3O3/c1-3-13(4-2)7-5-11-9(15)10(16)12-6-8-14/h14H,3-8H2,1-2H3,(H,11,15)(H,12,16). The molecule has 0 aromatic heterocycles. The molecule has 0 rings (SSSR count). The molecule has 0 fully saturated rings. The summed E-state index contributed by atoms with van der Waals surface area (Å²) in [5.74, 6) is -1.35. The zero-order valence-corrected chi connectivity index (χ0v) is 9.95. The number of rotatable bonds is 7. The molecule has 0 bridgehead atoms. The second-order valence-corrected chi connectivity index (χ2v) is 3.26. The lowest BCUT2D eigenvalue weighted by Crippen LogP contribution is -2.43. The lowest BCUT2D eigenvalue weighted by Gasteiger charge is -2.17. The maximum atomic E-state index is 11.2. The van der Waals surface area contributed by atoms with Crippen molar-refractivity contribution in [2.45, 2.75) is 13.8 Å². The number of aliphatic hydroxyl groups is 1. The minimum absolute atomic E-state index is 0.0995. The van der Waals surface area contributed by atoms with Crippen LogP contribution in [0.5, 0.6) is 0 Å². The average Bonchev–Trinajstić information content (AvgIpc) is 2.31. The Morgan fingerprint density at radius 1 is 1.06 bits per heavy atom. The van der Waals surface area contributed by atoms with Crippen LogP contribution in [0.2, 0.25) is 0 Å². The van der Waals surface area contributed by atoms with Crippen LogP contribution in [-0.4, -0.2) is 61.2 Å². The van der Waals surface area contributed by atoms with Crippen molar-refractivity contribution < 1.29 is 14.7 Å². The highest BCUT2D eigenvalue weighted by atomic mass is 16.3. The first kappa shape index (κ1) is 14.9. The van der Waals surface area contributed by atoms with Crippen LogP contribution < -0.4 is 10.6 Å². The molecule has 0 saturated carbocycles. The fourth-order valence-electron chi connectivity index (χ4n) is 1.20. The highest BCUT2D eigenvalue weighted by Crippen LogP contribution is 1.84. The molecule has 0 atom stereocenters. The molecule has 0 aliphatic rings. The van der Waals surface area contributed by atoms with Gasteiger partial charge in [0.05, 0.1) is 6.61 Å². The van der Waals surface area contributed by atoms with E-state index in [-0.39, 0.29) is 13.2 Å². The van der Waals surface area contributed by atoms with Crippen LogP contribution in [0.15, 0.2) is 0 Å². The van der Waals surface area contributed by atoms with Gasteiger partial charge in [0, 0.05) is 19.6 Å². The summed E-state index contributed by atoms with van der Waals surface area (Å²) in [4.78, 5) is 24.4. The van der Waals surface area contributed by atoms with Crippen LogP contribution in [0.1, 0.15) is 13.8 Å². The molecule has 0 aromatic rings. The lowest BCUT2D eigenvalue weighted by molar-refractivity contribution is -0.139. The molecule has 0 saturated heterocycles. The summed E-state index contributed by atoms with van der Waals surface area (Å²) in [5, 5.41) is 13.3. The topological polar surface area (TPSA) is 81.7 Å². The molecule has 0 aliphatic heterocycles. The van der Waals surface area contributed by atoms with Crippen LogP contribution in [0.3, 0.4) is 0 Å². The molecule has 3 N–H and O–H groups in total. The second-order valence-electron chi connectivity index (χ2n) is 3.26. The van der Waals surface area contributed by atoms with Crippen molar-refractivity contribution in [2.24, 2.45) is 0 Å². The molecule has 0 unspecified atom stereocenters. The number of carbonyl (C=O) groups is 2. The Morgan fingerprint density at radius 2 is 1.56 bits per heavy atom. The molecule has 0 aromatic carbocycles. The fraction of sp³-hybridized carbons (Fsp3) is 0.800. The molecular formula is C10H21N3O3. The van der Waals surface area contributed by atoms with Crippen molar-refractivity contribution >= 4 is 11.8 Å². The van der Waals surface area contributed by atoms with Crippen LogP contribution >= 0.6 is 0 Å². The van der Waals surface area contributed by atoms with Gasteiger partial charge in [-0.1, -0.05) is 13.8 Å². The minimum atomic E-state index is -0.700. The molecule has 94 valence electrons. The Hall–Kier alpha value is -1.14. The third-order valence-electron chi connectivity index (χ3n) is 2.21. The predicted molar refractivity (Wildman–Crippen MR) is 60.9 cm³/mol. The van der Waals surface area contributed by atoms with E-state index in [9.17, 15) is 9.59 Å². The third kappa shape index (κ3) is 6.36. The first-order valence-corrected chi connectivity index (χ1v) is 5.54. The van der Waals surface area contributed by atoms with Crippen molar-refractivity contribution in [2.75, 3.05) is 39.3 Å². The van der Waals surface area contributed by atoms with Gasteiger partial charge in [0.2, 0.25) is 0 Å². The van der Waals surface area contributed by atoms with E-state index in [4.69, 9.17) is 5.11 Å². The predicted octanol–water partition coefficient (Wildman–Crippen LogP) is -1.45. The summed E-state index contributed by atoms with van der Waals surface area (Å²) >= 11 is 0. The SMILES string of the molecule is CCN(CC)CCNC(=O)C(=O)NCCO. The van der Waals surface area contributed by atoms with Gasteiger partial charge >= 0.3 is 11.8 Å². The molecule has 0 heterocycles. The highest BCUT2D eigenvalue weighted by molar-refractivity contribution is 6.35. The van der Waals surface area contributed by atoms with Gasteiger partial charge in [0.15, 0.2) is 0 Å². The number of aliphatic hydroxyl groups excluding tert-OH is 1. The fourth-order valence-corrected chi connectivity index (χ4v) is 1.20. The molecule has 2 amide bonds. The van der Waals surface area contributed by atoms with Gasteiger partial charge in [-0.25, -0.2) is 0 Å². The van der Waals surface area contributed by atoms with Crippen molar-refractivity contribution in [1.82, 2.24) is 15.5 Å². The number of hydrogen-bond donors (Lipinski definition) is 3. The van der Waals surface area contributed by atoms with Crippen LogP contribution in [-0.2, 0) is 9.59 Å². The molecule has 0 radical (unpaired) electrons. The van der Waals surface area contributed by atoms with E-state index in [1.165, 1.54) is 0 Å². The largest absolute Gasteiger partial charge is 0.395 e. The Balaban J connectivity index is 3.68. The van der Waals surface area contributed by atoms with E-state index < -0.39 is 11.8 Å². The maximum Gasteiger partial charge on any atom is 0.309 e. The summed E-state index contributed by atoms with van der Waals surface area (Å²) in [6, 6.07) is 0. The van der Waals surface area contributed by atoms with Crippen molar-refractivity contribution in [3.8, 4) is 0 Å². The molecule has 16 heavy (non-hydrogen) atoms. The maximum absolute atomic E-state index is 11.2. The van der Waals surface area contributed by atoms with E-state index in [2.05, 4.69) is 15.5 Å². The molecule has 6 heteroatoms. The summed E-state index contributed by atoms with van der Waals surface area (Å²) in [6.45, 7) is 7.03. The first-order chi connectivity index (χ1) is 7.65. The number of nitrogens with zero attached hydrogens (tertiary/aromatic N) is 1. The summed E-state index contributed by atoms with van der Waals surface area (Å²) in [6.07, 6.45) is 0. The molecule has 0 aliphatic carbocycles. The van der Waals surface area contributed by atoms with Crippen molar-refractivity contribution in [3.05, 3.63) is 0 Å². The molecular weight excluding hydrogens is 210 g/mol. The average molecular weight is 231 g/mol. The monoisotopic (exact) mass is 231 g/mol. The Kier molecular flexibility index (Phi) is 8.46. The number of nitrogens with one attached hydrogen (secondary N) is 2. The Morgan fingerprint density at radius 3 is 2.00 bits per heavy atom. The third-order valence-corrected chi connectivity index (χ3v) is 2.21. The van der Waals surface area contributed by atoms with Gasteiger partial charge in [-0.3, -0.25) is 9.59 Å². The van der Waals surface area contributed by atoms with Crippen LogP contribution in [0.25, 0.3) is 0 Å². The van der Waals surface area contributed by atoms with Gasteiger partial charge in [-0.2, -0.15) is 0 Å². The first-order valence-electron chi connectivity index (χ1n) is 5.54. The quantitative estimate of drug-likeness (QED) is 0.468. The summed E-state index contributed by atoms with van der Waals surface area (Å²) < 4.78 is 0. The smallest absolute Gasteiger partial charge is 0.309 e. The number of carbonyl (C=O) groups excluding carboxylic acids is 2. The van der Waals surface area contributed by atoms with Gasteiger partial charge < -0.3 is 20.6 Å². The van der Waals surface area contributed by atoms with E-state index in [1.54, 1.807) is 0 Å². The van der Waals surface area contributed by atoms with Gasteiger partial charge in [0.1, 0.15) is 0 Å². The van der Waals surface area contributed by atoms with Gasteiger partial charge in [0.25, 0.3) is 0 Å². The van der Waals surface area contributed by atoms with E-state index in [0.717, 1.165) is 19.6 Å². The number of likely N-dealkylation sites (N-methyl/N-ethyl adjacent to an activating group) is 1. The lowest BCUT2D eigenvalue weighted by atomic mass is 10.4. The van der Waals surface area contributed by atoms with E-state index in [1.807, 2.05) is 13.8 Å². The number of amides is 2. The summed E-state index contributed by atoms with van der Waals surface area (Å²) in [7, 11) is 0.